The van der Waals surface area contributed by atoms with Crippen LogP contribution in [0.4, 0.5) is 0 Å². The van der Waals surface area contributed by atoms with Crippen molar-refractivity contribution in [2.24, 2.45) is 0 Å². The first-order valence-corrected chi connectivity index (χ1v) is 29.8. The van der Waals surface area contributed by atoms with Crippen LogP contribution in [0, 0.1) is 0 Å². The van der Waals surface area contributed by atoms with Crippen molar-refractivity contribution in [3.8, 4) is 0 Å². The molecule has 4 aromatic carbocycles. The zero-order chi connectivity index (χ0) is 46.0. The zero-order valence-corrected chi connectivity index (χ0v) is 50.1. The van der Waals surface area contributed by atoms with Gasteiger partial charge in [0.1, 0.15) is 8.07 Å². The fourth-order valence-electron chi connectivity index (χ4n) is 10.5. The Bertz CT molecular complexity index is 1610. The van der Waals surface area contributed by atoms with Crippen LogP contribution >= 0.6 is 0 Å². The molecule has 0 aliphatic carbocycles. The van der Waals surface area contributed by atoms with Gasteiger partial charge in [0, 0.05) is 0 Å². The molecule has 5 heteroatoms. The molecule has 0 saturated carbocycles. The van der Waals surface area contributed by atoms with Gasteiger partial charge in [-0.3, -0.25) is 0 Å². The van der Waals surface area contributed by atoms with E-state index in [1.165, 1.54) is 198 Å². The molecular formula is C63H99Cl3SiTi. The van der Waals surface area contributed by atoms with Gasteiger partial charge in [-0.05, 0) is 110 Å². The Kier molecular flexibility index (Phi) is 36.9. The molecule has 68 heavy (non-hydrogen) atoms. The summed E-state index contributed by atoms with van der Waals surface area (Å²) in [7, 11) is -2.87. The van der Waals surface area contributed by atoms with Crippen LogP contribution in [-0.2, 0) is 65.7 Å². The summed E-state index contributed by atoms with van der Waals surface area (Å²) in [6.45, 7) is 21.4. The fraction of sp³-hybridized carbons (Fsp3) is 0.635. The molecule has 0 heterocycles. The van der Waals surface area contributed by atoms with Gasteiger partial charge in [-0.15, -0.1) is 5.19 Å². The molecule has 0 unspecified atom stereocenters. The Morgan fingerprint density at radius 1 is 0.353 bits per heavy atom. The van der Waals surface area contributed by atoms with Crippen LogP contribution in [0.25, 0.3) is 0 Å². The van der Waals surface area contributed by atoms with E-state index in [2.05, 4.69) is 135 Å². The zero-order valence-electron chi connectivity index (χ0n) is 45.3. The van der Waals surface area contributed by atoms with Gasteiger partial charge in [0.05, 0.1) is 0 Å². The Morgan fingerprint density at radius 3 is 0.779 bits per heavy atom. The first-order chi connectivity index (χ1) is 31.1. The molecule has 0 aliphatic heterocycles. The van der Waals surface area contributed by atoms with Gasteiger partial charge in [-0.25, -0.2) is 6.07 Å². The van der Waals surface area contributed by atoms with Crippen molar-refractivity contribution >= 4 is 28.8 Å². The maximum absolute atomic E-state index is 2.87. The molecule has 380 valence electrons. The summed E-state index contributed by atoms with van der Waals surface area (Å²) in [5, 5.41) is 6.56. The monoisotopic (exact) mass is 1040 g/mol. The van der Waals surface area contributed by atoms with Gasteiger partial charge in [0.2, 0.25) is 0 Å². The number of hydrogen-bond donors (Lipinski definition) is 0. The standard InChI is InChI=1S/C63H99Si.3ClH.Ti/c1-10-16-22-28-34-52-42-53(35-29-23-17-11-2)46-60(45-52)64(59-41-40-58(51-59)63(7,8)9,61-47-54(36-30-24-18-12-3)43-55(48-61)37-31-25-19-13-4)62-49-56(38-32-26-20-14-5)44-57(50-62)39-33-27-21-15-6;;;;/h40-51H,10-39H2,1-9H3;3*1H;/q-1;;;;+4/p-3. The smallest absolute Gasteiger partial charge is 1.00 e. The van der Waals surface area contributed by atoms with Crippen LogP contribution in [0.15, 0.2) is 72.8 Å². The van der Waals surface area contributed by atoms with Crippen LogP contribution in [0.5, 0.6) is 0 Å². The summed E-state index contributed by atoms with van der Waals surface area (Å²) in [5.74, 6) is 0. The molecule has 0 fully saturated rings. The van der Waals surface area contributed by atoms with E-state index in [1.54, 1.807) is 54.1 Å². The van der Waals surface area contributed by atoms with Crippen molar-refractivity contribution < 1.29 is 58.9 Å². The molecule has 0 amide bonds. The van der Waals surface area contributed by atoms with Gasteiger partial charge in [-0.2, -0.15) is 17.7 Å². The molecule has 0 aromatic heterocycles. The second-order valence-electron chi connectivity index (χ2n) is 21.4. The Balaban J connectivity index is 0.0000112. The molecule has 4 aromatic rings. The van der Waals surface area contributed by atoms with Gasteiger partial charge in [0.15, 0.2) is 0 Å². The molecule has 0 radical (unpaired) electrons. The average molecular weight is 1040 g/mol. The van der Waals surface area contributed by atoms with Crippen molar-refractivity contribution in [2.45, 2.75) is 260 Å². The second-order valence-corrected chi connectivity index (χ2v) is 25.2. The largest absolute Gasteiger partial charge is 4.00 e. The Hall–Kier alpha value is -1.19. The van der Waals surface area contributed by atoms with Crippen LogP contribution < -0.4 is 58.0 Å². The first-order valence-electron chi connectivity index (χ1n) is 27.8. The van der Waals surface area contributed by atoms with Crippen LogP contribution in [0.3, 0.4) is 0 Å². The molecule has 0 spiro atoms. The average Bonchev–Trinajstić information content (AvgIpc) is 3.79. The summed E-state index contributed by atoms with van der Waals surface area (Å²) in [4.78, 5) is 0. The van der Waals surface area contributed by atoms with E-state index in [0.717, 1.165) is 0 Å². The van der Waals surface area contributed by atoms with E-state index in [-0.39, 0.29) is 64.4 Å². The fourth-order valence-corrected chi connectivity index (χ4v) is 15.6. The van der Waals surface area contributed by atoms with Crippen LogP contribution in [0.1, 0.15) is 255 Å². The van der Waals surface area contributed by atoms with Gasteiger partial charge >= 0.3 is 21.7 Å². The molecule has 0 N–H and O–H groups in total. The Morgan fingerprint density at radius 2 is 0.588 bits per heavy atom. The maximum Gasteiger partial charge on any atom is 4.00 e. The third-order valence-electron chi connectivity index (χ3n) is 14.4. The van der Waals surface area contributed by atoms with E-state index in [1.807, 2.05) is 0 Å². The molecule has 0 saturated heterocycles. The summed E-state index contributed by atoms with van der Waals surface area (Å²) >= 11 is 0. The summed E-state index contributed by atoms with van der Waals surface area (Å²) < 4.78 is 0. The number of benzene rings is 3. The summed E-state index contributed by atoms with van der Waals surface area (Å²) in [6.07, 6.45) is 38.6. The van der Waals surface area contributed by atoms with Crippen molar-refractivity contribution in [1.29, 1.82) is 0 Å². The van der Waals surface area contributed by atoms with Gasteiger partial charge in [0.25, 0.3) is 0 Å². The molecule has 0 aliphatic rings. The summed E-state index contributed by atoms with van der Waals surface area (Å²) in [5.41, 5.74) is 11.1. The molecule has 4 rings (SSSR count). The normalized spacial score (nSPS) is 11.4. The van der Waals surface area contributed by atoms with Gasteiger partial charge < -0.3 is 37.2 Å². The number of halogens is 3. The van der Waals surface area contributed by atoms with E-state index >= 15 is 0 Å². The molecular weight excluding hydrogens is 939 g/mol. The van der Waals surface area contributed by atoms with E-state index < -0.39 is 8.07 Å². The minimum absolute atomic E-state index is 0. The van der Waals surface area contributed by atoms with Crippen molar-refractivity contribution in [2.75, 3.05) is 0 Å². The van der Waals surface area contributed by atoms with E-state index in [0.29, 0.717) is 0 Å². The SMILES string of the molecule is CCCCCCc1cc(CCCCCC)cc([Si](c2cc(CCCCCC)cc(CCCCCC)c2)(c2cc(CCCCCC)cc(CCCCCC)c2)[c-]2ccc(C(C)(C)C)c2)c1.[Cl-].[Cl-].[Cl-].[Ti+4]. The van der Waals surface area contributed by atoms with Crippen LogP contribution in [0.2, 0.25) is 0 Å². The number of unbranched alkanes of at least 4 members (excludes halogenated alkanes) is 18. The minimum Gasteiger partial charge on any atom is -1.00 e. The molecule has 0 bridgehead atoms. The number of aryl methyl sites for hydroxylation is 6. The predicted molar refractivity (Wildman–Crippen MR) is 291 cm³/mol. The third kappa shape index (κ3) is 21.9. The maximum atomic E-state index is 2.78. The number of hydrogen-bond acceptors (Lipinski definition) is 0. The van der Waals surface area contributed by atoms with Crippen molar-refractivity contribution in [3.63, 3.8) is 0 Å². The predicted octanol–water partition coefficient (Wildman–Crippen LogP) is 7.83. The van der Waals surface area contributed by atoms with Crippen molar-refractivity contribution in [1.82, 2.24) is 0 Å². The van der Waals surface area contributed by atoms with E-state index in [4.69, 9.17) is 0 Å². The Labute approximate surface area is 456 Å². The first kappa shape index (κ1) is 66.8. The molecule has 0 nitrogen and oxygen atoms in total. The second kappa shape index (κ2) is 37.5. The van der Waals surface area contributed by atoms with Crippen molar-refractivity contribution in [3.05, 3.63) is 112 Å². The van der Waals surface area contributed by atoms with Gasteiger partial charge in [-0.1, -0.05) is 253 Å². The number of rotatable bonds is 34. The quantitative estimate of drug-likeness (QED) is 0.0194. The summed E-state index contributed by atoms with van der Waals surface area (Å²) in [6, 6.07) is 32.5. The van der Waals surface area contributed by atoms with Crippen LogP contribution in [-0.4, -0.2) is 8.07 Å². The van der Waals surface area contributed by atoms with E-state index in [9.17, 15) is 0 Å². The topological polar surface area (TPSA) is 0 Å². The third-order valence-corrected chi connectivity index (χ3v) is 19.1. The molecule has 0 atom stereocenters. The minimum atomic E-state index is -2.87.